The first-order valence-corrected chi connectivity index (χ1v) is 8.47. The Morgan fingerprint density at radius 2 is 2.05 bits per heavy atom. The molecule has 1 saturated carbocycles. The lowest BCUT2D eigenvalue weighted by atomic mass is 9.95. The van der Waals surface area contributed by atoms with Crippen LogP contribution in [0.1, 0.15) is 44.6 Å². The van der Waals surface area contributed by atoms with E-state index < -0.39 is 11.6 Å². The Hall–Kier alpha value is -1.10. The highest BCUT2D eigenvalue weighted by Gasteiger charge is 2.20. The molecule has 1 aliphatic carbocycles. The summed E-state index contributed by atoms with van der Waals surface area (Å²) in [5, 5.41) is 2.78. The number of carbonyl (C=O) groups excluding carboxylic acids is 1. The quantitative estimate of drug-likeness (QED) is 0.889. The summed E-state index contributed by atoms with van der Waals surface area (Å²) in [5.41, 5.74) is 0.303. The van der Waals surface area contributed by atoms with Crippen LogP contribution in [-0.4, -0.2) is 17.2 Å². The zero-order chi connectivity index (χ0) is 15.2. The van der Waals surface area contributed by atoms with E-state index in [1.165, 1.54) is 37.1 Å². The Labute approximate surface area is 128 Å². The van der Waals surface area contributed by atoms with Gasteiger partial charge in [0, 0.05) is 17.4 Å². The molecule has 1 aromatic carbocycles. The van der Waals surface area contributed by atoms with Gasteiger partial charge in [0.2, 0.25) is 5.91 Å². The average Bonchev–Trinajstić information content (AvgIpc) is 2.49. The molecule has 5 heteroatoms. The number of halogens is 2. The molecule has 2 nitrogen and oxygen atoms in total. The Bertz CT molecular complexity index is 489. The van der Waals surface area contributed by atoms with Crippen LogP contribution in [0.4, 0.5) is 8.78 Å². The van der Waals surface area contributed by atoms with Crippen LogP contribution in [-0.2, 0) is 10.5 Å². The Balaban J connectivity index is 1.81. The van der Waals surface area contributed by atoms with Gasteiger partial charge >= 0.3 is 0 Å². The third-order valence-electron chi connectivity index (χ3n) is 3.84. The fraction of sp³-hybridized carbons (Fsp3) is 0.562. The van der Waals surface area contributed by atoms with Gasteiger partial charge in [0.15, 0.2) is 11.6 Å². The molecule has 0 aliphatic heterocycles. The molecule has 0 heterocycles. The number of rotatable bonds is 5. The van der Waals surface area contributed by atoms with Gasteiger partial charge < -0.3 is 5.32 Å². The summed E-state index contributed by atoms with van der Waals surface area (Å²) in [6.45, 7) is 1.81. The molecule has 1 N–H and O–H groups in total. The molecule has 0 spiro atoms. The number of amides is 1. The molecule has 1 unspecified atom stereocenters. The van der Waals surface area contributed by atoms with Gasteiger partial charge in [-0.05, 0) is 25.8 Å². The number of thioether (sulfide) groups is 1. The SMILES string of the molecule is CC(SCc1cccc(F)c1F)C(=O)NC1CCCCC1. The van der Waals surface area contributed by atoms with E-state index >= 15 is 0 Å². The molecule has 0 saturated heterocycles. The lowest BCUT2D eigenvalue weighted by molar-refractivity contribution is -0.121. The molecule has 0 radical (unpaired) electrons. The van der Waals surface area contributed by atoms with E-state index in [9.17, 15) is 13.6 Å². The van der Waals surface area contributed by atoms with Gasteiger partial charge in [-0.1, -0.05) is 31.4 Å². The van der Waals surface area contributed by atoms with Gasteiger partial charge in [-0.2, -0.15) is 0 Å². The monoisotopic (exact) mass is 313 g/mol. The van der Waals surface area contributed by atoms with Crippen molar-refractivity contribution in [3.8, 4) is 0 Å². The van der Waals surface area contributed by atoms with Gasteiger partial charge in [-0.3, -0.25) is 4.79 Å². The van der Waals surface area contributed by atoms with Crippen molar-refractivity contribution in [3.05, 3.63) is 35.4 Å². The minimum absolute atomic E-state index is 0.0105. The molecule has 2 rings (SSSR count). The van der Waals surface area contributed by atoms with E-state index in [4.69, 9.17) is 0 Å². The highest BCUT2D eigenvalue weighted by molar-refractivity contribution is 7.99. The summed E-state index contributed by atoms with van der Waals surface area (Å²) in [6.07, 6.45) is 5.67. The van der Waals surface area contributed by atoms with E-state index in [-0.39, 0.29) is 17.2 Å². The molecule has 116 valence electrons. The molecule has 1 atom stereocenters. The summed E-state index contributed by atoms with van der Waals surface area (Å²) < 4.78 is 26.6. The Kier molecular flexibility index (Phi) is 6.03. The van der Waals surface area contributed by atoms with Gasteiger partial charge in [0.25, 0.3) is 0 Å². The summed E-state index contributed by atoms with van der Waals surface area (Å²) in [6, 6.07) is 4.42. The molecule has 0 aromatic heterocycles. The maximum absolute atomic E-state index is 13.5. The van der Waals surface area contributed by atoms with Crippen LogP contribution in [0.2, 0.25) is 0 Å². The van der Waals surface area contributed by atoms with Crippen LogP contribution in [0.15, 0.2) is 18.2 Å². The Morgan fingerprint density at radius 1 is 1.33 bits per heavy atom. The third kappa shape index (κ3) is 4.70. The van der Waals surface area contributed by atoms with Crippen molar-refractivity contribution < 1.29 is 13.6 Å². The van der Waals surface area contributed by atoms with Crippen molar-refractivity contribution in [2.45, 2.75) is 56.1 Å². The van der Waals surface area contributed by atoms with Crippen molar-refractivity contribution in [1.29, 1.82) is 0 Å². The minimum atomic E-state index is -0.840. The van der Waals surface area contributed by atoms with Crippen LogP contribution < -0.4 is 5.32 Å². The molecule has 21 heavy (non-hydrogen) atoms. The second-order valence-electron chi connectivity index (χ2n) is 5.51. The maximum Gasteiger partial charge on any atom is 0.233 e. The van der Waals surface area contributed by atoms with Crippen LogP contribution in [0.25, 0.3) is 0 Å². The van der Waals surface area contributed by atoms with Gasteiger partial charge in [-0.25, -0.2) is 8.78 Å². The molecular weight excluding hydrogens is 292 g/mol. The second-order valence-corrected chi connectivity index (χ2v) is 6.84. The summed E-state index contributed by atoms with van der Waals surface area (Å²) in [5.74, 6) is -1.37. The first kappa shape index (κ1) is 16.3. The number of hydrogen-bond acceptors (Lipinski definition) is 2. The zero-order valence-corrected chi connectivity index (χ0v) is 13.0. The fourth-order valence-electron chi connectivity index (χ4n) is 2.52. The molecule has 1 amide bonds. The third-order valence-corrected chi connectivity index (χ3v) is 5.03. The smallest absolute Gasteiger partial charge is 0.233 e. The Morgan fingerprint density at radius 3 is 2.76 bits per heavy atom. The average molecular weight is 313 g/mol. The lowest BCUT2D eigenvalue weighted by Crippen LogP contribution is -2.40. The zero-order valence-electron chi connectivity index (χ0n) is 12.2. The summed E-state index contributed by atoms with van der Waals surface area (Å²) in [4.78, 5) is 12.1. The van der Waals surface area contributed by atoms with E-state index in [1.807, 2.05) is 0 Å². The number of hydrogen-bond donors (Lipinski definition) is 1. The predicted molar refractivity (Wildman–Crippen MR) is 82.1 cm³/mol. The molecular formula is C16H21F2NOS. The first-order valence-electron chi connectivity index (χ1n) is 7.43. The van der Waals surface area contributed by atoms with E-state index in [0.717, 1.165) is 18.9 Å². The highest BCUT2D eigenvalue weighted by Crippen LogP contribution is 2.22. The molecule has 1 aliphatic rings. The normalized spacial score (nSPS) is 17.5. The van der Waals surface area contributed by atoms with Gasteiger partial charge in [-0.15, -0.1) is 11.8 Å². The second kappa shape index (κ2) is 7.78. The van der Waals surface area contributed by atoms with E-state index in [0.29, 0.717) is 11.3 Å². The van der Waals surface area contributed by atoms with Crippen molar-refractivity contribution >= 4 is 17.7 Å². The topological polar surface area (TPSA) is 29.1 Å². The lowest BCUT2D eigenvalue weighted by Gasteiger charge is -2.24. The van der Waals surface area contributed by atoms with Gasteiger partial charge in [0.05, 0.1) is 5.25 Å². The standard InChI is InChI=1S/C16H21F2NOS/c1-11(16(20)19-13-7-3-2-4-8-13)21-10-12-6-5-9-14(17)15(12)18/h5-6,9,11,13H,2-4,7-8,10H2,1H3,(H,19,20). The highest BCUT2D eigenvalue weighted by atomic mass is 32.2. The van der Waals surface area contributed by atoms with Crippen molar-refractivity contribution in [2.24, 2.45) is 0 Å². The molecule has 1 fully saturated rings. The van der Waals surface area contributed by atoms with Crippen LogP contribution >= 0.6 is 11.8 Å². The molecule has 1 aromatic rings. The van der Waals surface area contributed by atoms with E-state index in [2.05, 4.69) is 5.32 Å². The van der Waals surface area contributed by atoms with Gasteiger partial charge in [0.1, 0.15) is 0 Å². The van der Waals surface area contributed by atoms with Crippen LogP contribution in [0, 0.1) is 11.6 Å². The van der Waals surface area contributed by atoms with Crippen LogP contribution in [0.5, 0.6) is 0 Å². The van der Waals surface area contributed by atoms with Crippen molar-refractivity contribution in [1.82, 2.24) is 5.32 Å². The summed E-state index contributed by atoms with van der Waals surface area (Å²) >= 11 is 1.33. The number of nitrogens with one attached hydrogen (secondary N) is 1. The summed E-state index contributed by atoms with van der Waals surface area (Å²) in [7, 11) is 0. The predicted octanol–water partition coefficient (Wildman–Crippen LogP) is 4.04. The minimum Gasteiger partial charge on any atom is -0.352 e. The van der Waals surface area contributed by atoms with Crippen LogP contribution in [0.3, 0.4) is 0 Å². The van der Waals surface area contributed by atoms with Crippen molar-refractivity contribution in [3.63, 3.8) is 0 Å². The largest absolute Gasteiger partial charge is 0.352 e. The first-order chi connectivity index (χ1) is 10.1. The number of carbonyl (C=O) groups is 1. The van der Waals surface area contributed by atoms with E-state index in [1.54, 1.807) is 13.0 Å². The fourth-order valence-corrected chi connectivity index (χ4v) is 3.39. The van der Waals surface area contributed by atoms with Crippen molar-refractivity contribution in [2.75, 3.05) is 0 Å². The maximum atomic E-state index is 13.5. The molecule has 0 bridgehead atoms. The number of benzene rings is 1.